The summed E-state index contributed by atoms with van der Waals surface area (Å²) < 4.78 is 11.0. The average molecular weight is 393 g/mol. The fourth-order valence-electron chi connectivity index (χ4n) is 3.19. The largest absolute Gasteiger partial charge is 0.508 e. The fraction of sp³-hybridized carbons (Fsp3) is 0.250. The van der Waals surface area contributed by atoms with Crippen LogP contribution < -0.4 is 9.47 Å². The quantitative estimate of drug-likeness (QED) is 0.494. The number of phenolic OH excluding ortho intramolecular Hbond substituents is 2. The van der Waals surface area contributed by atoms with E-state index < -0.39 is 0 Å². The summed E-state index contributed by atoms with van der Waals surface area (Å²) in [6, 6.07) is 22.2. The van der Waals surface area contributed by atoms with Crippen LogP contribution in [0.2, 0.25) is 0 Å². The highest BCUT2D eigenvalue weighted by atomic mass is 16.5. The molecule has 0 radical (unpaired) electrons. The monoisotopic (exact) mass is 393 g/mol. The van der Waals surface area contributed by atoms with Crippen molar-refractivity contribution in [3.05, 3.63) is 83.9 Å². The van der Waals surface area contributed by atoms with Crippen LogP contribution in [0.25, 0.3) is 0 Å². The molecule has 152 valence electrons. The fourth-order valence-corrected chi connectivity index (χ4v) is 3.19. The summed E-state index contributed by atoms with van der Waals surface area (Å²) in [6.07, 6.45) is 0.851. The molecule has 3 rings (SSSR count). The van der Waals surface area contributed by atoms with Crippen molar-refractivity contribution >= 4 is 0 Å². The Bertz CT molecular complexity index is 848. The molecule has 0 heterocycles. The van der Waals surface area contributed by atoms with E-state index in [4.69, 9.17) is 9.47 Å². The Kier molecular flexibility index (Phi) is 7.36. The van der Waals surface area contributed by atoms with Crippen LogP contribution in [-0.4, -0.2) is 35.4 Å². The van der Waals surface area contributed by atoms with Crippen LogP contribution >= 0.6 is 0 Å². The molecule has 5 heteroatoms. The molecule has 0 atom stereocenters. The molecule has 0 fully saturated rings. The van der Waals surface area contributed by atoms with E-state index in [1.807, 2.05) is 48.5 Å². The minimum Gasteiger partial charge on any atom is -0.508 e. The van der Waals surface area contributed by atoms with Gasteiger partial charge in [-0.1, -0.05) is 24.3 Å². The van der Waals surface area contributed by atoms with E-state index in [9.17, 15) is 10.2 Å². The molecule has 2 N–H and O–H groups in total. The molecule has 0 saturated carbocycles. The summed E-state index contributed by atoms with van der Waals surface area (Å²) in [6.45, 7) is 2.82. The molecule has 0 unspecified atom stereocenters. The minimum atomic E-state index is 0.266. The summed E-state index contributed by atoms with van der Waals surface area (Å²) in [5, 5.41) is 19.5. The van der Waals surface area contributed by atoms with Crippen molar-refractivity contribution in [2.45, 2.75) is 19.5 Å². The van der Waals surface area contributed by atoms with Gasteiger partial charge in [-0.05, 0) is 66.1 Å². The number of nitrogens with zero attached hydrogens (tertiary/aromatic N) is 1. The van der Waals surface area contributed by atoms with Gasteiger partial charge in [-0.15, -0.1) is 0 Å². The van der Waals surface area contributed by atoms with Gasteiger partial charge in [-0.3, -0.25) is 4.90 Å². The van der Waals surface area contributed by atoms with Crippen LogP contribution in [0, 0.1) is 0 Å². The Morgan fingerprint density at radius 1 is 0.759 bits per heavy atom. The lowest BCUT2D eigenvalue weighted by Crippen LogP contribution is -2.25. The van der Waals surface area contributed by atoms with Crippen LogP contribution in [0.1, 0.15) is 17.5 Å². The van der Waals surface area contributed by atoms with E-state index in [0.29, 0.717) is 19.7 Å². The van der Waals surface area contributed by atoms with Gasteiger partial charge in [0.15, 0.2) is 0 Å². The first-order valence-corrected chi connectivity index (χ1v) is 9.67. The number of phenols is 2. The Hall–Kier alpha value is -3.18. The second-order valence-corrected chi connectivity index (χ2v) is 6.93. The summed E-state index contributed by atoms with van der Waals surface area (Å²) >= 11 is 0. The number of aromatic hydroxyl groups is 2. The molecular weight excluding hydrogens is 366 g/mol. The zero-order valence-electron chi connectivity index (χ0n) is 16.6. The van der Waals surface area contributed by atoms with Gasteiger partial charge in [0.2, 0.25) is 0 Å². The van der Waals surface area contributed by atoms with Crippen molar-refractivity contribution in [3.8, 4) is 23.0 Å². The number of ether oxygens (including phenoxy) is 2. The molecule has 0 aliphatic carbocycles. The molecule has 0 aromatic heterocycles. The second-order valence-electron chi connectivity index (χ2n) is 6.93. The highest BCUT2D eigenvalue weighted by Gasteiger charge is 2.09. The third-order valence-electron chi connectivity index (χ3n) is 4.58. The van der Waals surface area contributed by atoms with Gasteiger partial charge in [0.25, 0.3) is 0 Å². The number of benzene rings is 3. The lowest BCUT2D eigenvalue weighted by molar-refractivity contribution is 0.221. The van der Waals surface area contributed by atoms with Gasteiger partial charge >= 0.3 is 0 Å². The zero-order chi connectivity index (χ0) is 20.5. The minimum absolute atomic E-state index is 0.266. The standard InChI is InChI=1S/C24H27NO4/c1-28-23-9-11-24(12-10-23)29-14-4-13-25(17-19-5-2-7-21(26)15-19)18-20-6-3-8-22(27)16-20/h2-3,5-12,15-16,26-27H,4,13-14,17-18H2,1H3. The highest BCUT2D eigenvalue weighted by Crippen LogP contribution is 2.19. The predicted octanol–water partition coefficient (Wildman–Crippen LogP) is 4.58. The second kappa shape index (κ2) is 10.4. The van der Waals surface area contributed by atoms with Crippen LogP contribution in [0.4, 0.5) is 0 Å². The number of hydrogen-bond donors (Lipinski definition) is 2. The van der Waals surface area contributed by atoms with E-state index in [2.05, 4.69) is 4.90 Å². The Labute approximate surface area is 171 Å². The molecule has 5 nitrogen and oxygen atoms in total. The van der Waals surface area contributed by atoms with E-state index in [0.717, 1.165) is 35.6 Å². The van der Waals surface area contributed by atoms with Crippen LogP contribution in [0.15, 0.2) is 72.8 Å². The molecule has 3 aromatic rings. The molecular formula is C24H27NO4. The van der Waals surface area contributed by atoms with Gasteiger partial charge in [-0.2, -0.15) is 0 Å². The van der Waals surface area contributed by atoms with Crippen molar-refractivity contribution in [1.29, 1.82) is 0 Å². The van der Waals surface area contributed by atoms with Crippen molar-refractivity contribution in [3.63, 3.8) is 0 Å². The molecule has 0 spiro atoms. The summed E-state index contributed by atoms with van der Waals surface area (Å²) in [7, 11) is 1.64. The van der Waals surface area contributed by atoms with Gasteiger partial charge in [0, 0.05) is 19.6 Å². The average Bonchev–Trinajstić information content (AvgIpc) is 2.71. The molecule has 0 saturated heterocycles. The summed E-state index contributed by atoms with van der Waals surface area (Å²) in [5.74, 6) is 2.16. The van der Waals surface area contributed by atoms with Crippen molar-refractivity contribution in [2.24, 2.45) is 0 Å². The van der Waals surface area contributed by atoms with E-state index >= 15 is 0 Å². The van der Waals surface area contributed by atoms with Crippen LogP contribution in [-0.2, 0) is 13.1 Å². The maximum atomic E-state index is 9.75. The molecule has 0 aliphatic rings. The lowest BCUT2D eigenvalue weighted by Gasteiger charge is -2.23. The lowest BCUT2D eigenvalue weighted by atomic mass is 10.1. The maximum Gasteiger partial charge on any atom is 0.119 e. The zero-order valence-corrected chi connectivity index (χ0v) is 16.6. The number of hydrogen-bond acceptors (Lipinski definition) is 5. The van der Waals surface area contributed by atoms with Crippen molar-refractivity contribution < 1.29 is 19.7 Å². The first-order chi connectivity index (χ1) is 14.1. The highest BCUT2D eigenvalue weighted by molar-refractivity contribution is 5.31. The normalized spacial score (nSPS) is 10.8. The topological polar surface area (TPSA) is 62.2 Å². The van der Waals surface area contributed by atoms with Gasteiger partial charge in [0.05, 0.1) is 13.7 Å². The summed E-state index contributed by atoms with van der Waals surface area (Å²) in [4.78, 5) is 2.28. The SMILES string of the molecule is COc1ccc(OCCCN(Cc2cccc(O)c2)Cc2cccc(O)c2)cc1. The maximum absolute atomic E-state index is 9.75. The Balaban J connectivity index is 1.57. The predicted molar refractivity (Wildman–Crippen MR) is 113 cm³/mol. The van der Waals surface area contributed by atoms with Crippen LogP contribution in [0.5, 0.6) is 23.0 Å². The van der Waals surface area contributed by atoms with Crippen molar-refractivity contribution in [1.82, 2.24) is 4.90 Å². The van der Waals surface area contributed by atoms with Gasteiger partial charge in [-0.25, -0.2) is 0 Å². The first kappa shape index (κ1) is 20.6. The molecule has 0 aliphatic heterocycles. The summed E-state index contributed by atoms with van der Waals surface area (Å²) in [5.41, 5.74) is 2.09. The van der Waals surface area contributed by atoms with Gasteiger partial charge < -0.3 is 19.7 Å². The Morgan fingerprint density at radius 3 is 1.83 bits per heavy atom. The molecule has 3 aromatic carbocycles. The Morgan fingerprint density at radius 2 is 1.31 bits per heavy atom. The number of methoxy groups -OCH3 is 1. The molecule has 0 bridgehead atoms. The van der Waals surface area contributed by atoms with E-state index in [1.54, 1.807) is 31.4 Å². The van der Waals surface area contributed by atoms with Gasteiger partial charge in [0.1, 0.15) is 23.0 Å². The van der Waals surface area contributed by atoms with E-state index in [1.165, 1.54) is 0 Å². The molecule has 29 heavy (non-hydrogen) atoms. The van der Waals surface area contributed by atoms with E-state index in [-0.39, 0.29) is 11.5 Å². The van der Waals surface area contributed by atoms with Crippen molar-refractivity contribution in [2.75, 3.05) is 20.3 Å². The third kappa shape index (κ3) is 6.73. The molecule has 0 amide bonds. The van der Waals surface area contributed by atoms with Crippen LogP contribution in [0.3, 0.4) is 0 Å². The first-order valence-electron chi connectivity index (χ1n) is 9.67. The number of rotatable bonds is 10. The third-order valence-corrected chi connectivity index (χ3v) is 4.58. The smallest absolute Gasteiger partial charge is 0.119 e.